The Balaban J connectivity index is 2.38. The van der Waals surface area contributed by atoms with Gasteiger partial charge in [0.25, 0.3) is 0 Å². The van der Waals surface area contributed by atoms with Gasteiger partial charge in [-0.2, -0.15) is 13.2 Å². The molecule has 76 valence electrons. The Labute approximate surface area is 79.2 Å². The van der Waals surface area contributed by atoms with Gasteiger partial charge in [-0.25, -0.2) is 0 Å². The van der Waals surface area contributed by atoms with Gasteiger partial charge in [0, 0.05) is 18.4 Å². The van der Waals surface area contributed by atoms with E-state index in [1.165, 1.54) is 12.3 Å². The van der Waals surface area contributed by atoms with E-state index in [2.05, 4.69) is 10.3 Å². The van der Waals surface area contributed by atoms with Crippen LogP contribution in [0.15, 0.2) is 18.5 Å². The topological polar surface area (TPSA) is 24.9 Å². The summed E-state index contributed by atoms with van der Waals surface area (Å²) in [5.41, 5.74) is -0.323. The molecule has 0 aromatic carbocycles. The highest BCUT2D eigenvalue weighted by Crippen LogP contribution is 2.36. The normalized spacial score (nSPS) is 21.8. The van der Waals surface area contributed by atoms with E-state index in [1.54, 1.807) is 0 Å². The van der Waals surface area contributed by atoms with Crippen LogP contribution in [0.1, 0.15) is 23.6 Å². The predicted octanol–water partition coefficient (Wildman–Crippen LogP) is 2.13. The van der Waals surface area contributed by atoms with Crippen molar-refractivity contribution in [2.45, 2.75) is 18.6 Å². The van der Waals surface area contributed by atoms with E-state index < -0.39 is 11.7 Å². The highest BCUT2D eigenvalue weighted by molar-refractivity contribution is 5.30. The van der Waals surface area contributed by atoms with Crippen LogP contribution in [0, 0.1) is 0 Å². The minimum absolute atomic E-state index is 0.158. The van der Waals surface area contributed by atoms with Gasteiger partial charge in [-0.3, -0.25) is 4.98 Å². The SMILES string of the molecule is FC(F)(F)c1cnccc1C1CCN1. The first kappa shape index (κ1) is 9.45. The van der Waals surface area contributed by atoms with E-state index >= 15 is 0 Å². The number of hydrogen-bond donors (Lipinski definition) is 1. The average molecular weight is 202 g/mol. The maximum absolute atomic E-state index is 12.5. The summed E-state index contributed by atoms with van der Waals surface area (Å²) in [5.74, 6) is 0. The van der Waals surface area contributed by atoms with Crippen LogP contribution >= 0.6 is 0 Å². The molecule has 2 nitrogen and oxygen atoms in total. The van der Waals surface area contributed by atoms with Gasteiger partial charge in [-0.05, 0) is 24.6 Å². The molecule has 0 aliphatic carbocycles. The Morgan fingerprint density at radius 2 is 2.14 bits per heavy atom. The van der Waals surface area contributed by atoms with Crippen LogP contribution in [0.5, 0.6) is 0 Å². The molecular formula is C9H9F3N2. The van der Waals surface area contributed by atoms with Crippen molar-refractivity contribution in [3.8, 4) is 0 Å². The number of rotatable bonds is 1. The molecule has 1 aliphatic rings. The van der Waals surface area contributed by atoms with Crippen LogP contribution in [0.4, 0.5) is 13.2 Å². The highest BCUT2D eigenvalue weighted by atomic mass is 19.4. The van der Waals surface area contributed by atoms with E-state index in [0.29, 0.717) is 5.56 Å². The van der Waals surface area contributed by atoms with Gasteiger partial charge in [0.1, 0.15) is 0 Å². The van der Waals surface area contributed by atoms with E-state index in [4.69, 9.17) is 0 Å². The van der Waals surface area contributed by atoms with Gasteiger partial charge >= 0.3 is 6.18 Å². The van der Waals surface area contributed by atoms with Crippen molar-refractivity contribution in [3.63, 3.8) is 0 Å². The molecule has 1 fully saturated rings. The Hall–Kier alpha value is -1.10. The summed E-state index contributed by atoms with van der Waals surface area (Å²) < 4.78 is 37.5. The number of nitrogens with one attached hydrogen (secondary N) is 1. The predicted molar refractivity (Wildman–Crippen MR) is 44.6 cm³/mol. The third-order valence-corrected chi connectivity index (χ3v) is 2.36. The molecule has 1 unspecified atom stereocenters. The summed E-state index contributed by atoms with van der Waals surface area (Å²) in [5, 5.41) is 2.95. The molecule has 2 rings (SSSR count). The van der Waals surface area contributed by atoms with E-state index in [9.17, 15) is 13.2 Å². The number of nitrogens with zero attached hydrogens (tertiary/aromatic N) is 1. The molecule has 1 atom stereocenters. The van der Waals surface area contributed by atoms with Crippen molar-refractivity contribution in [2.24, 2.45) is 0 Å². The summed E-state index contributed by atoms with van der Waals surface area (Å²) >= 11 is 0. The van der Waals surface area contributed by atoms with E-state index in [0.717, 1.165) is 19.2 Å². The largest absolute Gasteiger partial charge is 0.418 e. The lowest BCUT2D eigenvalue weighted by Crippen LogP contribution is -2.36. The zero-order chi connectivity index (χ0) is 10.2. The number of alkyl halides is 3. The summed E-state index contributed by atoms with van der Waals surface area (Å²) in [6.45, 7) is 0.782. The summed E-state index contributed by atoms with van der Waals surface area (Å²) in [4.78, 5) is 3.50. The van der Waals surface area contributed by atoms with Crippen molar-refractivity contribution < 1.29 is 13.2 Å². The molecule has 5 heteroatoms. The maximum Gasteiger partial charge on any atom is 0.418 e. The number of pyridine rings is 1. The van der Waals surface area contributed by atoms with Gasteiger partial charge in [0.05, 0.1) is 5.56 Å². The third-order valence-electron chi connectivity index (χ3n) is 2.36. The van der Waals surface area contributed by atoms with Crippen molar-refractivity contribution >= 4 is 0 Å². The summed E-state index contributed by atoms with van der Waals surface area (Å²) in [6.07, 6.45) is -1.27. The maximum atomic E-state index is 12.5. The third kappa shape index (κ3) is 1.59. The van der Waals surface area contributed by atoms with Gasteiger partial charge in [-0.1, -0.05) is 0 Å². The van der Waals surface area contributed by atoms with Gasteiger partial charge in [0.2, 0.25) is 0 Å². The first-order valence-corrected chi connectivity index (χ1v) is 4.33. The zero-order valence-electron chi connectivity index (χ0n) is 7.30. The molecule has 1 aromatic heterocycles. The quantitative estimate of drug-likeness (QED) is 0.754. The van der Waals surface area contributed by atoms with Crippen molar-refractivity contribution in [1.29, 1.82) is 0 Å². The number of aromatic nitrogens is 1. The lowest BCUT2D eigenvalue weighted by Gasteiger charge is -2.29. The summed E-state index contributed by atoms with van der Waals surface area (Å²) in [6, 6.07) is 1.27. The molecule has 0 radical (unpaired) electrons. The van der Waals surface area contributed by atoms with Crippen molar-refractivity contribution in [3.05, 3.63) is 29.6 Å². The van der Waals surface area contributed by atoms with E-state index in [1.807, 2.05) is 0 Å². The minimum atomic E-state index is -4.30. The molecule has 0 amide bonds. The fraction of sp³-hybridized carbons (Fsp3) is 0.444. The Morgan fingerprint density at radius 1 is 1.43 bits per heavy atom. The van der Waals surface area contributed by atoms with Crippen LogP contribution in [-0.2, 0) is 6.18 Å². The Bertz CT molecular complexity index is 331. The summed E-state index contributed by atoms with van der Waals surface area (Å²) in [7, 11) is 0. The standard InChI is InChI=1S/C9H9F3N2/c10-9(11,12)7-5-13-3-1-6(7)8-2-4-14-8/h1,3,5,8,14H,2,4H2. The number of hydrogen-bond acceptors (Lipinski definition) is 2. The highest BCUT2D eigenvalue weighted by Gasteiger charge is 2.36. The molecule has 1 aliphatic heterocycles. The number of halogens is 3. The van der Waals surface area contributed by atoms with Crippen LogP contribution in [-0.4, -0.2) is 11.5 Å². The second kappa shape index (κ2) is 3.24. The van der Waals surface area contributed by atoms with Gasteiger partial charge in [-0.15, -0.1) is 0 Å². The van der Waals surface area contributed by atoms with Crippen LogP contribution in [0.3, 0.4) is 0 Å². The Kier molecular flexibility index (Phi) is 2.19. The molecule has 0 spiro atoms. The first-order chi connectivity index (χ1) is 6.59. The molecule has 2 heterocycles. The fourth-order valence-corrected chi connectivity index (χ4v) is 1.50. The molecule has 14 heavy (non-hydrogen) atoms. The van der Waals surface area contributed by atoms with Crippen molar-refractivity contribution in [2.75, 3.05) is 6.54 Å². The molecule has 1 N–H and O–H groups in total. The van der Waals surface area contributed by atoms with Crippen LogP contribution in [0.2, 0.25) is 0 Å². The smallest absolute Gasteiger partial charge is 0.310 e. The monoisotopic (exact) mass is 202 g/mol. The first-order valence-electron chi connectivity index (χ1n) is 4.33. The Morgan fingerprint density at radius 3 is 2.64 bits per heavy atom. The average Bonchev–Trinajstić information content (AvgIpc) is 2.00. The lowest BCUT2D eigenvalue weighted by molar-refractivity contribution is -0.138. The zero-order valence-corrected chi connectivity index (χ0v) is 7.30. The molecule has 1 saturated heterocycles. The van der Waals surface area contributed by atoms with Crippen LogP contribution in [0.25, 0.3) is 0 Å². The molecule has 0 saturated carbocycles. The van der Waals surface area contributed by atoms with E-state index in [-0.39, 0.29) is 6.04 Å². The van der Waals surface area contributed by atoms with Gasteiger partial charge < -0.3 is 5.32 Å². The molecular weight excluding hydrogens is 193 g/mol. The van der Waals surface area contributed by atoms with Gasteiger partial charge in [0.15, 0.2) is 0 Å². The molecule has 0 bridgehead atoms. The minimum Gasteiger partial charge on any atom is -0.310 e. The second-order valence-electron chi connectivity index (χ2n) is 3.26. The van der Waals surface area contributed by atoms with Crippen LogP contribution < -0.4 is 5.32 Å². The lowest BCUT2D eigenvalue weighted by atomic mass is 9.95. The van der Waals surface area contributed by atoms with Crippen molar-refractivity contribution in [1.82, 2.24) is 10.3 Å². The second-order valence-corrected chi connectivity index (χ2v) is 3.26. The fourth-order valence-electron chi connectivity index (χ4n) is 1.50. The molecule has 1 aromatic rings.